The third-order valence-corrected chi connectivity index (χ3v) is 3.96. The quantitative estimate of drug-likeness (QED) is 0.695. The molecule has 1 aromatic heterocycles. The van der Waals surface area contributed by atoms with Crippen LogP contribution in [-0.4, -0.2) is 23.0 Å². The number of aromatic nitrogens is 1. The number of aryl methyl sites for hydroxylation is 1. The number of carbonyl (C=O) groups is 2. The van der Waals surface area contributed by atoms with Gasteiger partial charge >= 0.3 is 6.36 Å². The van der Waals surface area contributed by atoms with Crippen molar-refractivity contribution in [3.8, 4) is 5.75 Å². The topological polar surface area (TPSA) is 68.3 Å². The van der Waals surface area contributed by atoms with Gasteiger partial charge in [0.1, 0.15) is 17.3 Å². The second kappa shape index (κ2) is 9.02. The van der Waals surface area contributed by atoms with Crippen molar-refractivity contribution in [1.82, 2.24) is 10.3 Å². The zero-order valence-corrected chi connectivity index (χ0v) is 16.1. The second-order valence-electron chi connectivity index (χ2n) is 6.77. The standard InChI is InChI=1S/C20H20F4N2O3/c1-11(2)18(27)9-15-7-13(6-12(3)26-15)19(28)25-10-14-8-16(4-5-17(14)21)29-20(22,23)24/h4-8,11H,9-10H2,1-3H3,(H,25,28). The molecular formula is C20H20F4N2O3. The highest BCUT2D eigenvalue weighted by Gasteiger charge is 2.31. The van der Waals surface area contributed by atoms with E-state index < -0.39 is 23.8 Å². The largest absolute Gasteiger partial charge is 0.573 e. The average Bonchev–Trinajstić information content (AvgIpc) is 2.60. The van der Waals surface area contributed by atoms with Gasteiger partial charge in [0.05, 0.1) is 0 Å². The fourth-order valence-electron chi connectivity index (χ4n) is 2.50. The number of ketones is 1. The van der Waals surface area contributed by atoms with E-state index in [0.717, 1.165) is 18.2 Å². The lowest BCUT2D eigenvalue weighted by atomic mass is 10.0. The maximum atomic E-state index is 13.9. The SMILES string of the molecule is Cc1cc(C(=O)NCc2cc(OC(F)(F)F)ccc2F)cc(CC(=O)C(C)C)n1. The summed E-state index contributed by atoms with van der Waals surface area (Å²) in [6, 6.07) is 5.50. The number of Topliss-reactive ketones (excluding diaryl/α,β-unsaturated/α-hetero) is 1. The van der Waals surface area contributed by atoms with Gasteiger partial charge in [-0.15, -0.1) is 13.2 Å². The minimum Gasteiger partial charge on any atom is -0.406 e. The Balaban J connectivity index is 2.12. The maximum Gasteiger partial charge on any atom is 0.573 e. The highest BCUT2D eigenvalue weighted by atomic mass is 19.4. The molecule has 1 heterocycles. The lowest BCUT2D eigenvalue weighted by molar-refractivity contribution is -0.274. The first kappa shape index (κ1) is 22.3. The molecule has 0 saturated heterocycles. The van der Waals surface area contributed by atoms with E-state index in [-0.39, 0.29) is 35.8 Å². The molecule has 1 N–H and O–H groups in total. The van der Waals surface area contributed by atoms with Crippen molar-refractivity contribution in [1.29, 1.82) is 0 Å². The third-order valence-electron chi connectivity index (χ3n) is 3.96. The van der Waals surface area contributed by atoms with Crippen LogP contribution in [0.5, 0.6) is 5.75 Å². The number of halogens is 4. The van der Waals surface area contributed by atoms with Gasteiger partial charge < -0.3 is 10.1 Å². The second-order valence-corrected chi connectivity index (χ2v) is 6.77. The van der Waals surface area contributed by atoms with Gasteiger partial charge in [-0.05, 0) is 37.3 Å². The molecule has 1 aromatic carbocycles. The molecule has 2 rings (SSSR count). The number of hydrogen-bond donors (Lipinski definition) is 1. The van der Waals surface area contributed by atoms with E-state index in [9.17, 15) is 27.2 Å². The summed E-state index contributed by atoms with van der Waals surface area (Å²) in [5.74, 6) is -2.15. The molecule has 0 unspecified atom stereocenters. The van der Waals surface area contributed by atoms with Gasteiger partial charge in [0.15, 0.2) is 0 Å². The summed E-state index contributed by atoms with van der Waals surface area (Å²) in [6.07, 6.45) is -4.83. The van der Waals surface area contributed by atoms with Gasteiger partial charge in [0.2, 0.25) is 0 Å². The molecule has 0 spiro atoms. The van der Waals surface area contributed by atoms with Gasteiger partial charge in [-0.25, -0.2) is 4.39 Å². The molecule has 156 valence electrons. The average molecular weight is 412 g/mol. The number of hydrogen-bond acceptors (Lipinski definition) is 4. The van der Waals surface area contributed by atoms with Crippen molar-refractivity contribution in [2.24, 2.45) is 5.92 Å². The molecule has 0 radical (unpaired) electrons. The van der Waals surface area contributed by atoms with Crippen LogP contribution < -0.4 is 10.1 Å². The smallest absolute Gasteiger partial charge is 0.406 e. The van der Waals surface area contributed by atoms with Crippen molar-refractivity contribution in [2.75, 3.05) is 0 Å². The number of amides is 1. The molecule has 0 aliphatic rings. The van der Waals surface area contributed by atoms with E-state index in [4.69, 9.17) is 0 Å². The minimum atomic E-state index is -4.91. The summed E-state index contributed by atoms with van der Waals surface area (Å²) < 4.78 is 54.6. The van der Waals surface area contributed by atoms with Crippen molar-refractivity contribution >= 4 is 11.7 Å². The Labute approximate surface area is 165 Å². The van der Waals surface area contributed by atoms with E-state index in [1.807, 2.05) is 0 Å². The fourth-order valence-corrected chi connectivity index (χ4v) is 2.50. The Hall–Kier alpha value is -2.97. The molecule has 29 heavy (non-hydrogen) atoms. The van der Waals surface area contributed by atoms with E-state index in [2.05, 4.69) is 15.0 Å². The van der Waals surface area contributed by atoms with Crippen LogP contribution >= 0.6 is 0 Å². The van der Waals surface area contributed by atoms with Crippen LogP contribution in [0.1, 0.15) is 41.2 Å². The zero-order valence-electron chi connectivity index (χ0n) is 16.1. The van der Waals surface area contributed by atoms with Crippen molar-refractivity contribution in [3.05, 3.63) is 58.7 Å². The molecule has 0 atom stereocenters. The van der Waals surface area contributed by atoms with Gasteiger partial charge in [0.25, 0.3) is 5.91 Å². The number of alkyl halides is 3. The highest BCUT2D eigenvalue weighted by molar-refractivity contribution is 5.94. The number of pyridine rings is 1. The van der Waals surface area contributed by atoms with Gasteiger partial charge in [-0.2, -0.15) is 0 Å². The first-order valence-electron chi connectivity index (χ1n) is 8.77. The van der Waals surface area contributed by atoms with Crippen LogP contribution in [0.4, 0.5) is 17.6 Å². The Morgan fingerprint density at radius 3 is 2.48 bits per heavy atom. The predicted octanol–water partition coefficient (Wildman–Crippen LogP) is 4.13. The number of benzene rings is 1. The third kappa shape index (κ3) is 6.85. The van der Waals surface area contributed by atoms with E-state index >= 15 is 0 Å². The molecule has 0 bridgehead atoms. The summed E-state index contributed by atoms with van der Waals surface area (Å²) in [4.78, 5) is 28.6. The number of ether oxygens (including phenoxy) is 1. The van der Waals surface area contributed by atoms with Gasteiger partial charge in [0, 0.05) is 41.4 Å². The molecule has 9 heteroatoms. The molecule has 0 aliphatic heterocycles. The predicted molar refractivity (Wildman–Crippen MR) is 96.8 cm³/mol. The monoisotopic (exact) mass is 412 g/mol. The number of rotatable bonds is 7. The van der Waals surface area contributed by atoms with Crippen LogP contribution in [0.2, 0.25) is 0 Å². The van der Waals surface area contributed by atoms with Crippen molar-refractivity contribution in [2.45, 2.75) is 40.1 Å². The van der Waals surface area contributed by atoms with E-state index in [1.54, 1.807) is 20.8 Å². The first-order valence-corrected chi connectivity index (χ1v) is 8.77. The Morgan fingerprint density at radius 2 is 1.86 bits per heavy atom. The maximum absolute atomic E-state index is 13.9. The number of nitrogens with zero attached hydrogens (tertiary/aromatic N) is 1. The van der Waals surface area contributed by atoms with Crippen molar-refractivity contribution < 1.29 is 31.9 Å². The molecule has 0 saturated carbocycles. The summed E-state index contributed by atoms with van der Waals surface area (Å²) in [5.41, 5.74) is 1.00. The summed E-state index contributed by atoms with van der Waals surface area (Å²) in [6.45, 7) is 4.84. The van der Waals surface area contributed by atoms with Gasteiger partial charge in [-0.1, -0.05) is 13.8 Å². The number of nitrogens with one attached hydrogen (secondary N) is 1. The van der Waals surface area contributed by atoms with Crippen LogP contribution in [0.25, 0.3) is 0 Å². The molecular weight excluding hydrogens is 392 g/mol. The van der Waals surface area contributed by atoms with Crippen LogP contribution in [-0.2, 0) is 17.8 Å². The van der Waals surface area contributed by atoms with Crippen LogP contribution in [0.3, 0.4) is 0 Å². The first-order chi connectivity index (χ1) is 13.4. The summed E-state index contributed by atoms with van der Waals surface area (Å²) >= 11 is 0. The lowest BCUT2D eigenvalue weighted by Gasteiger charge is -2.12. The van der Waals surface area contributed by atoms with Crippen LogP contribution in [0.15, 0.2) is 30.3 Å². The van der Waals surface area contributed by atoms with E-state index in [1.165, 1.54) is 12.1 Å². The molecule has 5 nitrogen and oxygen atoms in total. The normalized spacial score (nSPS) is 11.4. The Bertz CT molecular complexity index is 911. The minimum absolute atomic E-state index is 0.0296. The Kier molecular flexibility index (Phi) is 6.94. The summed E-state index contributed by atoms with van der Waals surface area (Å²) in [5, 5.41) is 2.45. The molecule has 0 aliphatic carbocycles. The fraction of sp³-hybridized carbons (Fsp3) is 0.350. The lowest BCUT2D eigenvalue weighted by Crippen LogP contribution is -2.24. The van der Waals surface area contributed by atoms with Gasteiger partial charge in [-0.3, -0.25) is 14.6 Å². The highest BCUT2D eigenvalue weighted by Crippen LogP contribution is 2.24. The molecule has 0 fully saturated rings. The number of carbonyl (C=O) groups excluding carboxylic acids is 2. The molecule has 1 amide bonds. The Morgan fingerprint density at radius 1 is 1.17 bits per heavy atom. The van der Waals surface area contributed by atoms with E-state index in [0.29, 0.717) is 11.4 Å². The zero-order chi connectivity index (χ0) is 21.8. The summed E-state index contributed by atoms with van der Waals surface area (Å²) in [7, 11) is 0. The van der Waals surface area contributed by atoms with Crippen LogP contribution in [0, 0.1) is 18.7 Å². The van der Waals surface area contributed by atoms with Crippen molar-refractivity contribution in [3.63, 3.8) is 0 Å². The molecule has 2 aromatic rings.